The summed E-state index contributed by atoms with van der Waals surface area (Å²) in [7, 11) is 0. The quantitative estimate of drug-likeness (QED) is 0.589. The number of anilines is 1. The fourth-order valence-corrected chi connectivity index (χ4v) is 2.19. The molecule has 0 aliphatic carbocycles. The lowest BCUT2D eigenvalue weighted by Crippen LogP contribution is -2.21. The number of carboxylic acid groups (broad SMARTS) is 1. The molecule has 25 heavy (non-hydrogen) atoms. The largest absolute Gasteiger partial charge is 0.478 e. The second-order valence-electron chi connectivity index (χ2n) is 5.09. The summed E-state index contributed by atoms with van der Waals surface area (Å²) in [5, 5.41) is 22.6. The smallest absolute Gasteiger partial charge is 0.335 e. The first-order valence-electron chi connectivity index (χ1n) is 7.44. The molecule has 0 fully saturated rings. The molecule has 0 bridgehead atoms. The molecule has 0 unspecified atom stereocenters. The Hall–Kier alpha value is -3.42. The second-order valence-corrected chi connectivity index (χ2v) is 5.09. The van der Waals surface area contributed by atoms with Gasteiger partial charge in [-0.25, -0.2) is 4.79 Å². The second kappa shape index (κ2) is 7.91. The molecule has 0 atom stereocenters. The van der Waals surface area contributed by atoms with Crippen molar-refractivity contribution in [3.05, 3.63) is 63.7 Å². The molecular formula is C17H16N2O6. The molecule has 2 N–H and O–H groups in total. The van der Waals surface area contributed by atoms with Gasteiger partial charge in [0.2, 0.25) is 0 Å². The van der Waals surface area contributed by atoms with E-state index in [1.807, 2.05) is 19.1 Å². The maximum absolute atomic E-state index is 12.0. The molecular weight excluding hydrogens is 328 g/mol. The molecule has 0 spiro atoms. The summed E-state index contributed by atoms with van der Waals surface area (Å²) < 4.78 is 5.18. The summed E-state index contributed by atoms with van der Waals surface area (Å²) in [6.07, 6.45) is 0.726. The molecule has 0 saturated heterocycles. The van der Waals surface area contributed by atoms with E-state index in [0.29, 0.717) is 5.69 Å². The predicted octanol–water partition coefficient (Wildman–Crippen LogP) is 2.87. The van der Waals surface area contributed by atoms with Gasteiger partial charge in [0.05, 0.1) is 10.5 Å². The number of nitrogens with zero attached hydrogens (tertiary/aromatic N) is 1. The van der Waals surface area contributed by atoms with Crippen LogP contribution in [-0.2, 0) is 11.2 Å². The van der Waals surface area contributed by atoms with Crippen molar-refractivity contribution in [2.24, 2.45) is 0 Å². The van der Waals surface area contributed by atoms with Gasteiger partial charge in [-0.15, -0.1) is 0 Å². The van der Waals surface area contributed by atoms with Crippen LogP contribution in [0.15, 0.2) is 42.5 Å². The third-order valence-corrected chi connectivity index (χ3v) is 3.43. The molecule has 2 aromatic carbocycles. The van der Waals surface area contributed by atoms with Crippen LogP contribution in [0.3, 0.4) is 0 Å². The molecule has 0 aliphatic rings. The number of rotatable bonds is 7. The lowest BCUT2D eigenvalue weighted by molar-refractivity contribution is -0.385. The monoisotopic (exact) mass is 344 g/mol. The normalized spacial score (nSPS) is 10.1. The number of amides is 1. The van der Waals surface area contributed by atoms with E-state index in [4.69, 9.17) is 9.84 Å². The van der Waals surface area contributed by atoms with E-state index in [2.05, 4.69) is 5.32 Å². The Morgan fingerprint density at radius 2 is 1.96 bits per heavy atom. The number of benzene rings is 2. The Balaban J connectivity index is 2.12. The van der Waals surface area contributed by atoms with Crippen molar-refractivity contribution in [3.63, 3.8) is 0 Å². The summed E-state index contributed by atoms with van der Waals surface area (Å²) in [5.41, 5.74) is 0.992. The average Bonchev–Trinajstić information content (AvgIpc) is 2.60. The highest BCUT2D eigenvalue weighted by Gasteiger charge is 2.19. The van der Waals surface area contributed by atoms with E-state index < -0.39 is 29.1 Å². The van der Waals surface area contributed by atoms with Crippen LogP contribution >= 0.6 is 0 Å². The summed E-state index contributed by atoms with van der Waals surface area (Å²) in [4.78, 5) is 33.3. The zero-order valence-corrected chi connectivity index (χ0v) is 13.4. The predicted molar refractivity (Wildman–Crippen MR) is 90.0 cm³/mol. The van der Waals surface area contributed by atoms with Crippen LogP contribution < -0.4 is 10.1 Å². The van der Waals surface area contributed by atoms with Gasteiger partial charge in [0.15, 0.2) is 12.4 Å². The molecule has 0 heterocycles. The molecule has 0 saturated carbocycles. The van der Waals surface area contributed by atoms with Crippen LogP contribution in [0.2, 0.25) is 0 Å². The summed E-state index contributed by atoms with van der Waals surface area (Å²) in [5.74, 6) is -2.03. The molecule has 8 nitrogen and oxygen atoms in total. The van der Waals surface area contributed by atoms with Crippen LogP contribution in [0.4, 0.5) is 11.4 Å². The summed E-state index contributed by atoms with van der Waals surface area (Å²) in [6.45, 7) is 1.46. The molecule has 0 aliphatic heterocycles. The minimum absolute atomic E-state index is 0.169. The van der Waals surface area contributed by atoms with Crippen LogP contribution in [0.5, 0.6) is 5.75 Å². The van der Waals surface area contributed by atoms with Crippen molar-refractivity contribution >= 4 is 23.3 Å². The number of carbonyl (C=O) groups excluding carboxylic acids is 1. The zero-order valence-electron chi connectivity index (χ0n) is 13.4. The minimum atomic E-state index is -1.25. The Morgan fingerprint density at radius 1 is 1.24 bits per heavy atom. The number of carbonyl (C=O) groups is 2. The molecule has 2 rings (SSSR count). The van der Waals surface area contributed by atoms with Crippen LogP contribution in [0.25, 0.3) is 0 Å². The van der Waals surface area contributed by atoms with Crippen LogP contribution in [0.1, 0.15) is 22.8 Å². The van der Waals surface area contributed by atoms with E-state index in [9.17, 15) is 19.7 Å². The highest BCUT2D eigenvalue weighted by molar-refractivity contribution is 5.93. The summed E-state index contributed by atoms with van der Waals surface area (Å²) in [6, 6.07) is 10.4. The van der Waals surface area contributed by atoms with Gasteiger partial charge >= 0.3 is 11.7 Å². The van der Waals surface area contributed by atoms with Crippen molar-refractivity contribution in [2.45, 2.75) is 13.3 Å². The van der Waals surface area contributed by atoms with Gasteiger partial charge < -0.3 is 15.2 Å². The van der Waals surface area contributed by atoms with Gasteiger partial charge in [0.1, 0.15) is 0 Å². The number of aromatic carboxylic acids is 1. The maximum atomic E-state index is 12.0. The van der Waals surface area contributed by atoms with Gasteiger partial charge in [-0.2, -0.15) is 0 Å². The number of nitrogens with one attached hydrogen (secondary N) is 1. The highest BCUT2D eigenvalue weighted by atomic mass is 16.6. The minimum Gasteiger partial charge on any atom is -0.478 e. The fraction of sp³-hybridized carbons (Fsp3) is 0.176. The Bertz CT molecular complexity index is 819. The van der Waals surface area contributed by atoms with E-state index in [1.165, 1.54) is 0 Å². The van der Waals surface area contributed by atoms with E-state index in [1.54, 1.807) is 12.1 Å². The molecule has 8 heteroatoms. The van der Waals surface area contributed by atoms with Crippen LogP contribution in [-0.4, -0.2) is 28.5 Å². The maximum Gasteiger partial charge on any atom is 0.335 e. The first-order valence-corrected chi connectivity index (χ1v) is 7.44. The molecule has 0 radical (unpaired) electrons. The van der Waals surface area contributed by atoms with Crippen molar-refractivity contribution in [2.75, 3.05) is 11.9 Å². The Kier molecular flexibility index (Phi) is 5.67. The lowest BCUT2D eigenvalue weighted by Gasteiger charge is -2.11. The summed E-state index contributed by atoms with van der Waals surface area (Å²) >= 11 is 0. The average molecular weight is 344 g/mol. The van der Waals surface area contributed by atoms with Gasteiger partial charge in [-0.1, -0.05) is 25.1 Å². The first kappa shape index (κ1) is 17.9. The van der Waals surface area contributed by atoms with Crippen molar-refractivity contribution < 1.29 is 24.4 Å². The fourth-order valence-electron chi connectivity index (χ4n) is 2.19. The lowest BCUT2D eigenvalue weighted by atomic mass is 10.1. The SMILES string of the molecule is CCc1ccccc1NC(=O)COc1cc(C(=O)O)ccc1[N+](=O)[O-]. The van der Waals surface area contributed by atoms with Gasteiger partial charge in [-0.3, -0.25) is 14.9 Å². The number of ether oxygens (including phenoxy) is 1. The first-order chi connectivity index (χ1) is 11.9. The number of hydrogen-bond donors (Lipinski definition) is 2. The van der Waals surface area contributed by atoms with Gasteiger partial charge in [-0.05, 0) is 24.1 Å². The van der Waals surface area contributed by atoms with E-state index >= 15 is 0 Å². The zero-order chi connectivity index (χ0) is 18.4. The molecule has 1 amide bonds. The van der Waals surface area contributed by atoms with Gasteiger partial charge in [0, 0.05) is 17.8 Å². The third-order valence-electron chi connectivity index (χ3n) is 3.43. The number of carboxylic acids is 1. The molecule has 130 valence electrons. The number of nitro benzene ring substituents is 1. The number of hydrogen-bond acceptors (Lipinski definition) is 5. The Labute approximate surface area is 143 Å². The van der Waals surface area contributed by atoms with Crippen molar-refractivity contribution in [1.29, 1.82) is 0 Å². The van der Waals surface area contributed by atoms with E-state index in [0.717, 1.165) is 30.2 Å². The number of aryl methyl sites for hydroxylation is 1. The van der Waals surface area contributed by atoms with E-state index in [-0.39, 0.29) is 11.3 Å². The van der Waals surface area contributed by atoms with Crippen molar-refractivity contribution in [3.8, 4) is 5.75 Å². The molecule has 0 aromatic heterocycles. The topological polar surface area (TPSA) is 119 Å². The standard InChI is InChI=1S/C17H16N2O6/c1-2-11-5-3-4-6-13(11)18-16(20)10-25-15-9-12(17(21)22)7-8-14(15)19(23)24/h3-9H,2,10H2,1H3,(H,18,20)(H,21,22). The van der Waals surface area contributed by atoms with Crippen LogP contribution in [0, 0.1) is 10.1 Å². The number of nitro groups is 1. The third kappa shape index (κ3) is 4.54. The molecule has 2 aromatic rings. The van der Waals surface area contributed by atoms with Gasteiger partial charge in [0.25, 0.3) is 5.91 Å². The number of para-hydroxylation sites is 1. The Morgan fingerprint density at radius 3 is 2.60 bits per heavy atom. The van der Waals surface area contributed by atoms with Crippen molar-refractivity contribution in [1.82, 2.24) is 0 Å². The highest BCUT2D eigenvalue weighted by Crippen LogP contribution is 2.28.